The van der Waals surface area contributed by atoms with Crippen LogP contribution in [0.1, 0.15) is 28.1 Å². The number of aromatic nitrogens is 1. The van der Waals surface area contributed by atoms with Crippen molar-refractivity contribution in [1.29, 1.82) is 0 Å². The maximum Gasteiger partial charge on any atom is 0.290 e. The van der Waals surface area contributed by atoms with Gasteiger partial charge >= 0.3 is 0 Å². The summed E-state index contributed by atoms with van der Waals surface area (Å²) in [6.07, 6.45) is 1.19. The molecule has 0 bridgehead atoms. The molecule has 7 nitrogen and oxygen atoms in total. The number of imide groups is 1. The Morgan fingerprint density at radius 3 is 2.56 bits per heavy atom. The number of hydrogen-bond donors (Lipinski definition) is 0. The molecule has 2 aromatic heterocycles. The summed E-state index contributed by atoms with van der Waals surface area (Å²) >= 11 is 1.58. The normalized spacial score (nSPS) is 15.3. The average Bonchev–Trinajstić information content (AvgIpc) is 3.67. The summed E-state index contributed by atoms with van der Waals surface area (Å²) in [6, 6.07) is 20.9. The average molecular weight is 540 g/mol. The number of hydrogen-bond acceptors (Lipinski definition) is 6. The van der Waals surface area contributed by atoms with E-state index >= 15 is 0 Å². The highest BCUT2D eigenvalue weighted by Crippen LogP contribution is 2.33. The first-order valence-corrected chi connectivity index (χ1v) is 13.1. The maximum atomic E-state index is 13.6. The van der Waals surface area contributed by atoms with Gasteiger partial charge in [0.15, 0.2) is 5.76 Å². The van der Waals surface area contributed by atoms with E-state index in [0.717, 1.165) is 31.3 Å². The molecular formula is C30H22FN3O4S. The standard InChI is InChI=1S/C30H22FN3O4S/c1-18-4-13-23-26(15-18)39-28(32-23)20-7-11-22(12-8-20)34-27(35)16-24(29(34)36)33(30(37)25-3-2-14-38-25)17-19-5-9-21(31)10-6-19/h2-15,24H,16-17H2,1H3. The molecule has 1 unspecified atom stereocenters. The largest absolute Gasteiger partial charge is 0.459 e. The topological polar surface area (TPSA) is 83.7 Å². The van der Waals surface area contributed by atoms with E-state index in [1.165, 1.54) is 29.4 Å². The predicted octanol–water partition coefficient (Wildman–Crippen LogP) is 5.98. The molecule has 1 fully saturated rings. The van der Waals surface area contributed by atoms with Crippen LogP contribution in [0.5, 0.6) is 0 Å². The lowest BCUT2D eigenvalue weighted by Gasteiger charge is -2.27. The molecule has 1 aliphatic rings. The number of aryl methyl sites for hydroxylation is 1. The van der Waals surface area contributed by atoms with Crippen LogP contribution in [-0.4, -0.2) is 33.6 Å². The van der Waals surface area contributed by atoms with Gasteiger partial charge in [-0.05, 0) is 78.7 Å². The fourth-order valence-electron chi connectivity index (χ4n) is 4.69. The second-order valence-electron chi connectivity index (χ2n) is 9.36. The van der Waals surface area contributed by atoms with Crippen LogP contribution in [0.4, 0.5) is 10.1 Å². The van der Waals surface area contributed by atoms with Crippen molar-refractivity contribution in [2.45, 2.75) is 25.9 Å². The Balaban J connectivity index is 1.27. The molecule has 1 aliphatic heterocycles. The zero-order valence-electron chi connectivity index (χ0n) is 20.8. The smallest absolute Gasteiger partial charge is 0.290 e. The Hall–Kier alpha value is -4.63. The van der Waals surface area contributed by atoms with E-state index in [2.05, 4.69) is 6.07 Å². The maximum absolute atomic E-state index is 13.6. The van der Waals surface area contributed by atoms with E-state index < -0.39 is 29.6 Å². The van der Waals surface area contributed by atoms with Crippen LogP contribution in [0.25, 0.3) is 20.8 Å². The second kappa shape index (κ2) is 9.92. The summed E-state index contributed by atoms with van der Waals surface area (Å²) in [5.74, 6) is -1.81. The molecule has 0 radical (unpaired) electrons. The molecule has 3 aromatic carbocycles. The van der Waals surface area contributed by atoms with Crippen molar-refractivity contribution in [3.05, 3.63) is 108 Å². The van der Waals surface area contributed by atoms with Crippen LogP contribution in [0.15, 0.2) is 89.5 Å². The summed E-state index contributed by atoms with van der Waals surface area (Å²) in [4.78, 5) is 47.1. The molecule has 0 N–H and O–H groups in total. The van der Waals surface area contributed by atoms with Gasteiger partial charge in [-0.15, -0.1) is 11.3 Å². The molecule has 9 heteroatoms. The van der Waals surface area contributed by atoms with Crippen LogP contribution in [0.3, 0.4) is 0 Å². The lowest BCUT2D eigenvalue weighted by atomic mass is 10.1. The second-order valence-corrected chi connectivity index (χ2v) is 10.4. The van der Waals surface area contributed by atoms with Crippen molar-refractivity contribution in [3.63, 3.8) is 0 Å². The van der Waals surface area contributed by atoms with Crippen LogP contribution >= 0.6 is 11.3 Å². The summed E-state index contributed by atoms with van der Waals surface area (Å²) < 4.78 is 19.8. The quantitative estimate of drug-likeness (QED) is 0.248. The van der Waals surface area contributed by atoms with Gasteiger partial charge in [-0.1, -0.05) is 18.2 Å². The number of benzene rings is 3. The van der Waals surface area contributed by atoms with E-state index in [0.29, 0.717) is 11.3 Å². The third kappa shape index (κ3) is 4.72. The number of carbonyl (C=O) groups is 3. The van der Waals surface area contributed by atoms with Crippen LogP contribution < -0.4 is 4.90 Å². The fourth-order valence-corrected chi connectivity index (χ4v) is 5.76. The summed E-state index contributed by atoms with van der Waals surface area (Å²) in [6.45, 7) is 2.04. The van der Waals surface area contributed by atoms with E-state index in [9.17, 15) is 18.8 Å². The minimum Gasteiger partial charge on any atom is -0.459 e. The number of fused-ring (bicyclic) bond motifs is 1. The highest BCUT2D eigenvalue weighted by molar-refractivity contribution is 7.21. The predicted molar refractivity (Wildman–Crippen MR) is 146 cm³/mol. The van der Waals surface area contributed by atoms with Gasteiger partial charge in [-0.3, -0.25) is 14.4 Å². The molecule has 1 atom stereocenters. The molecule has 6 rings (SSSR count). The van der Waals surface area contributed by atoms with Gasteiger partial charge in [-0.25, -0.2) is 14.3 Å². The molecule has 39 heavy (non-hydrogen) atoms. The minimum absolute atomic E-state index is 0.00730. The first kappa shape index (κ1) is 24.7. The summed E-state index contributed by atoms with van der Waals surface area (Å²) in [5, 5.41) is 0.841. The Bertz CT molecular complexity index is 1690. The van der Waals surface area contributed by atoms with Crippen molar-refractivity contribution in [2.75, 3.05) is 4.90 Å². The molecule has 0 aliphatic carbocycles. The van der Waals surface area contributed by atoms with Gasteiger partial charge in [0.25, 0.3) is 11.8 Å². The van der Waals surface area contributed by atoms with Crippen molar-refractivity contribution >= 4 is 45.0 Å². The number of halogens is 1. The molecule has 194 valence electrons. The number of anilines is 1. The molecule has 3 heterocycles. The Labute approximate surface area is 227 Å². The van der Waals surface area contributed by atoms with Gasteiger partial charge in [-0.2, -0.15) is 0 Å². The van der Waals surface area contributed by atoms with Gasteiger partial charge in [0.2, 0.25) is 5.91 Å². The summed E-state index contributed by atoms with van der Waals surface area (Å²) in [7, 11) is 0. The van der Waals surface area contributed by atoms with Gasteiger partial charge in [0, 0.05) is 12.1 Å². The van der Waals surface area contributed by atoms with Gasteiger partial charge in [0.05, 0.1) is 28.6 Å². The number of rotatable bonds is 6. The van der Waals surface area contributed by atoms with E-state index in [1.807, 2.05) is 31.2 Å². The highest BCUT2D eigenvalue weighted by atomic mass is 32.1. The summed E-state index contributed by atoms with van der Waals surface area (Å²) in [5.41, 5.74) is 3.98. The van der Waals surface area contributed by atoms with E-state index in [4.69, 9.17) is 9.40 Å². The Kier molecular flexibility index (Phi) is 6.28. The Morgan fingerprint density at radius 2 is 1.85 bits per heavy atom. The molecule has 1 saturated heterocycles. The van der Waals surface area contributed by atoms with Crippen molar-refractivity contribution in [1.82, 2.24) is 9.88 Å². The van der Waals surface area contributed by atoms with Crippen LogP contribution in [-0.2, 0) is 16.1 Å². The van der Waals surface area contributed by atoms with Crippen LogP contribution in [0, 0.1) is 12.7 Å². The lowest BCUT2D eigenvalue weighted by Crippen LogP contribution is -2.45. The number of amides is 3. The zero-order valence-corrected chi connectivity index (χ0v) is 21.7. The van der Waals surface area contributed by atoms with E-state index in [1.54, 1.807) is 41.7 Å². The van der Waals surface area contributed by atoms with Crippen LogP contribution in [0.2, 0.25) is 0 Å². The molecule has 5 aromatic rings. The van der Waals surface area contributed by atoms with Crippen molar-refractivity contribution in [3.8, 4) is 10.6 Å². The number of carbonyl (C=O) groups excluding carboxylic acids is 3. The van der Waals surface area contributed by atoms with Crippen molar-refractivity contribution < 1.29 is 23.2 Å². The number of thiazole rings is 1. The molecule has 0 saturated carbocycles. The highest BCUT2D eigenvalue weighted by Gasteiger charge is 2.45. The molecule has 0 spiro atoms. The van der Waals surface area contributed by atoms with E-state index in [-0.39, 0.29) is 18.7 Å². The first-order chi connectivity index (χ1) is 18.9. The van der Waals surface area contributed by atoms with Gasteiger partial charge in [0.1, 0.15) is 16.9 Å². The first-order valence-electron chi connectivity index (χ1n) is 12.3. The number of furan rings is 1. The fraction of sp³-hybridized carbons (Fsp3) is 0.133. The lowest BCUT2D eigenvalue weighted by molar-refractivity contribution is -0.122. The molecule has 3 amide bonds. The number of nitrogens with zero attached hydrogens (tertiary/aromatic N) is 3. The third-order valence-corrected chi connectivity index (χ3v) is 7.74. The third-order valence-electron chi connectivity index (χ3n) is 6.67. The SMILES string of the molecule is Cc1ccc2nc(-c3ccc(N4C(=O)CC(N(Cc5ccc(F)cc5)C(=O)c5ccco5)C4=O)cc3)sc2c1. The minimum atomic E-state index is -1.03. The Morgan fingerprint density at radius 1 is 1.08 bits per heavy atom. The van der Waals surface area contributed by atoms with Crippen molar-refractivity contribution in [2.24, 2.45) is 0 Å². The molecular weight excluding hydrogens is 517 g/mol. The zero-order chi connectivity index (χ0) is 27.1. The monoisotopic (exact) mass is 539 g/mol. The van der Waals surface area contributed by atoms with Gasteiger partial charge < -0.3 is 9.32 Å².